The lowest BCUT2D eigenvalue weighted by atomic mass is 10.1. The van der Waals surface area contributed by atoms with E-state index in [9.17, 15) is 0 Å². The second kappa shape index (κ2) is 6.32. The topological polar surface area (TPSA) is 61.7 Å². The molecule has 0 aliphatic carbocycles. The van der Waals surface area contributed by atoms with Crippen LogP contribution in [0.15, 0.2) is 0 Å². The zero-order chi connectivity index (χ0) is 9.52. The summed E-state index contributed by atoms with van der Waals surface area (Å²) in [6.07, 6.45) is 2.53. The van der Waals surface area contributed by atoms with Crippen LogP contribution in [-0.2, 0) is 4.74 Å². The van der Waals surface area contributed by atoms with Gasteiger partial charge in [0.1, 0.15) is 0 Å². The minimum atomic E-state index is -0.635. The summed E-state index contributed by atoms with van der Waals surface area (Å²) < 4.78 is 5.31. The first-order valence-corrected chi connectivity index (χ1v) is 4.93. The first-order chi connectivity index (χ1) is 6.33. The van der Waals surface area contributed by atoms with Gasteiger partial charge in [0.25, 0.3) is 0 Å². The molecule has 4 nitrogen and oxygen atoms in total. The van der Waals surface area contributed by atoms with Crippen molar-refractivity contribution in [1.29, 1.82) is 0 Å². The van der Waals surface area contributed by atoms with Crippen molar-refractivity contribution in [2.75, 3.05) is 26.4 Å². The van der Waals surface area contributed by atoms with E-state index in [-0.39, 0.29) is 6.61 Å². The van der Waals surface area contributed by atoms with Crippen LogP contribution in [0.25, 0.3) is 0 Å². The van der Waals surface area contributed by atoms with E-state index in [1.54, 1.807) is 0 Å². The molecule has 0 saturated carbocycles. The van der Waals surface area contributed by atoms with E-state index in [0.717, 1.165) is 32.5 Å². The lowest BCUT2D eigenvalue weighted by Gasteiger charge is -2.17. The third-order valence-electron chi connectivity index (χ3n) is 2.30. The van der Waals surface area contributed by atoms with Crippen LogP contribution in [0.2, 0.25) is 0 Å². The van der Waals surface area contributed by atoms with E-state index in [4.69, 9.17) is 14.9 Å². The maximum Gasteiger partial charge on any atom is 0.0895 e. The first-order valence-electron chi connectivity index (χ1n) is 4.93. The number of hydrogen-bond donors (Lipinski definition) is 3. The molecule has 13 heavy (non-hydrogen) atoms. The van der Waals surface area contributed by atoms with E-state index in [0.29, 0.717) is 12.6 Å². The molecule has 0 aromatic carbocycles. The number of hydrogen-bond acceptors (Lipinski definition) is 4. The third-order valence-corrected chi connectivity index (χ3v) is 2.30. The van der Waals surface area contributed by atoms with Crippen molar-refractivity contribution >= 4 is 0 Å². The molecule has 0 aromatic rings. The zero-order valence-electron chi connectivity index (χ0n) is 7.91. The van der Waals surface area contributed by atoms with Gasteiger partial charge in [0.2, 0.25) is 0 Å². The Morgan fingerprint density at radius 1 is 1.38 bits per heavy atom. The molecule has 0 spiro atoms. The molecule has 2 unspecified atom stereocenters. The smallest absolute Gasteiger partial charge is 0.0895 e. The van der Waals surface area contributed by atoms with Crippen molar-refractivity contribution < 1.29 is 14.9 Å². The van der Waals surface area contributed by atoms with E-state index in [1.165, 1.54) is 0 Å². The van der Waals surface area contributed by atoms with Gasteiger partial charge in [-0.25, -0.2) is 0 Å². The van der Waals surface area contributed by atoms with Gasteiger partial charge >= 0.3 is 0 Å². The molecular formula is C9H19NO3. The summed E-state index contributed by atoms with van der Waals surface area (Å²) in [6, 6.07) is 0.434. The van der Waals surface area contributed by atoms with Crippen LogP contribution in [0, 0.1) is 0 Å². The highest BCUT2D eigenvalue weighted by Gasteiger charge is 2.12. The Morgan fingerprint density at radius 2 is 2.23 bits per heavy atom. The largest absolute Gasteiger partial charge is 0.394 e. The van der Waals surface area contributed by atoms with Crippen LogP contribution in [0.1, 0.15) is 19.3 Å². The molecule has 0 aromatic heterocycles. The molecule has 1 aliphatic rings. The fourth-order valence-corrected chi connectivity index (χ4v) is 1.48. The molecule has 78 valence electrons. The Hall–Kier alpha value is -0.160. The molecule has 1 heterocycles. The van der Waals surface area contributed by atoms with Crippen molar-refractivity contribution in [3.63, 3.8) is 0 Å². The van der Waals surface area contributed by atoms with Crippen molar-refractivity contribution in [2.24, 2.45) is 0 Å². The van der Waals surface area contributed by atoms with Gasteiger partial charge in [-0.05, 0) is 19.3 Å². The number of ether oxygens (including phenoxy) is 1. The Balaban J connectivity index is 2.11. The Morgan fingerprint density at radius 3 is 3.00 bits per heavy atom. The van der Waals surface area contributed by atoms with Gasteiger partial charge in [-0.1, -0.05) is 0 Å². The minimum Gasteiger partial charge on any atom is -0.394 e. The molecule has 0 radical (unpaired) electrons. The third kappa shape index (κ3) is 4.57. The molecule has 1 saturated heterocycles. The highest BCUT2D eigenvalue weighted by Crippen LogP contribution is 2.07. The van der Waals surface area contributed by atoms with E-state index in [2.05, 4.69) is 5.32 Å². The van der Waals surface area contributed by atoms with Gasteiger partial charge < -0.3 is 20.3 Å². The van der Waals surface area contributed by atoms with Gasteiger partial charge in [-0.2, -0.15) is 0 Å². The second-order valence-corrected chi connectivity index (χ2v) is 3.48. The lowest BCUT2D eigenvalue weighted by molar-refractivity contribution is 0.0906. The van der Waals surface area contributed by atoms with Crippen LogP contribution < -0.4 is 5.32 Å². The summed E-state index contributed by atoms with van der Waals surface area (Å²) >= 11 is 0. The molecule has 1 rings (SSSR count). The summed E-state index contributed by atoms with van der Waals surface area (Å²) in [4.78, 5) is 0. The zero-order valence-corrected chi connectivity index (χ0v) is 7.91. The fraction of sp³-hybridized carbons (Fsp3) is 1.00. The maximum atomic E-state index is 9.12. The average Bonchev–Trinajstić information content (AvgIpc) is 2.42. The molecule has 3 N–H and O–H groups in total. The van der Waals surface area contributed by atoms with Gasteiger partial charge in [-0.3, -0.25) is 0 Å². The van der Waals surface area contributed by atoms with Gasteiger partial charge in [-0.15, -0.1) is 0 Å². The summed E-state index contributed by atoms with van der Waals surface area (Å²) in [6.45, 7) is 1.95. The summed E-state index contributed by atoms with van der Waals surface area (Å²) in [7, 11) is 0. The molecule has 1 aliphatic heterocycles. The second-order valence-electron chi connectivity index (χ2n) is 3.48. The van der Waals surface area contributed by atoms with E-state index in [1.807, 2.05) is 0 Å². The standard InChI is InChI=1S/C9H19NO3/c11-7-9(12)6-10-8-2-1-4-13-5-3-8/h8-12H,1-7H2. The summed E-state index contributed by atoms with van der Waals surface area (Å²) in [5.74, 6) is 0. The van der Waals surface area contributed by atoms with Crippen molar-refractivity contribution in [2.45, 2.75) is 31.4 Å². The van der Waals surface area contributed by atoms with Crippen LogP contribution in [0.3, 0.4) is 0 Å². The van der Waals surface area contributed by atoms with Gasteiger partial charge in [0.05, 0.1) is 12.7 Å². The number of nitrogens with one attached hydrogen (secondary N) is 1. The normalized spacial score (nSPS) is 26.8. The van der Waals surface area contributed by atoms with Crippen molar-refractivity contribution in [3.05, 3.63) is 0 Å². The molecular weight excluding hydrogens is 170 g/mol. The van der Waals surface area contributed by atoms with Crippen molar-refractivity contribution in [1.82, 2.24) is 5.32 Å². The van der Waals surface area contributed by atoms with Crippen LogP contribution in [0.5, 0.6) is 0 Å². The Labute approximate surface area is 78.9 Å². The van der Waals surface area contributed by atoms with Crippen LogP contribution in [0.4, 0.5) is 0 Å². The average molecular weight is 189 g/mol. The molecule has 4 heteroatoms. The minimum absolute atomic E-state index is 0.170. The Kier molecular flexibility index (Phi) is 5.31. The highest BCUT2D eigenvalue weighted by molar-refractivity contribution is 4.71. The SMILES string of the molecule is OCC(O)CNC1CCCOCC1. The number of aliphatic hydroxyl groups is 2. The quantitative estimate of drug-likeness (QED) is 0.558. The van der Waals surface area contributed by atoms with Crippen molar-refractivity contribution in [3.8, 4) is 0 Å². The fourth-order valence-electron chi connectivity index (χ4n) is 1.48. The first kappa shape index (κ1) is 10.9. The van der Waals surface area contributed by atoms with Gasteiger partial charge in [0.15, 0.2) is 0 Å². The number of rotatable bonds is 4. The molecule has 2 atom stereocenters. The molecule has 0 amide bonds. The summed E-state index contributed by atoms with van der Waals surface area (Å²) in [5, 5.41) is 20.9. The number of aliphatic hydroxyl groups excluding tert-OH is 2. The van der Waals surface area contributed by atoms with Crippen LogP contribution in [-0.4, -0.2) is 48.7 Å². The summed E-state index contributed by atoms with van der Waals surface area (Å²) in [5.41, 5.74) is 0. The molecule has 1 fully saturated rings. The van der Waals surface area contributed by atoms with E-state index >= 15 is 0 Å². The predicted octanol–water partition coefficient (Wildman–Crippen LogP) is -0.502. The lowest BCUT2D eigenvalue weighted by Crippen LogP contribution is -2.37. The molecule has 0 bridgehead atoms. The van der Waals surface area contributed by atoms with E-state index < -0.39 is 6.10 Å². The monoisotopic (exact) mass is 189 g/mol. The Bertz CT molecular complexity index is 124. The van der Waals surface area contributed by atoms with Crippen LogP contribution >= 0.6 is 0 Å². The highest BCUT2D eigenvalue weighted by atomic mass is 16.5. The predicted molar refractivity (Wildman–Crippen MR) is 49.6 cm³/mol. The van der Waals surface area contributed by atoms with Gasteiger partial charge in [0, 0.05) is 25.8 Å². The maximum absolute atomic E-state index is 9.12.